The van der Waals surface area contributed by atoms with Gasteiger partial charge in [-0.2, -0.15) is 0 Å². The van der Waals surface area contributed by atoms with Crippen molar-refractivity contribution in [2.75, 3.05) is 13.2 Å². The van der Waals surface area contributed by atoms with Gasteiger partial charge in [-0.3, -0.25) is 14.4 Å². The van der Waals surface area contributed by atoms with Crippen molar-refractivity contribution in [3.63, 3.8) is 0 Å². The van der Waals surface area contributed by atoms with Gasteiger partial charge in [0.05, 0.1) is 0 Å². The predicted octanol–water partition coefficient (Wildman–Crippen LogP) is 20.1. The number of hydrogen-bond donors (Lipinski definition) is 0. The molecular weight excluding hydrogens is 877 g/mol. The molecule has 0 radical (unpaired) electrons. The Balaban J connectivity index is 4.37. The average Bonchev–Trinajstić information content (AvgIpc) is 3.37. The molecule has 0 rings (SSSR count). The van der Waals surface area contributed by atoms with Crippen LogP contribution in [0.4, 0.5) is 0 Å². The van der Waals surface area contributed by atoms with Crippen LogP contribution in [0, 0.1) is 0 Å². The van der Waals surface area contributed by atoms with Gasteiger partial charge in [0.25, 0.3) is 0 Å². The molecule has 0 saturated heterocycles. The zero-order chi connectivity index (χ0) is 51.4. The Kier molecular flexibility index (Phi) is 55.9. The van der Waals surface area contributed by atoms with Crippen LogP contribution in [0.1, 0.15) is 278 Å². The van der Waals surface area contributed by atoms with E-state index in [1.807, 2.05) is 0 Å². The lowest BCUT2D eigenvalue weighted by Gasteiger charge is -2.18. The normalized spacial score (nSPS) is 12.8. The molecule has 0 aromatic heterocycles. The molecule has 6 nitrogen and oxygen atoms in total. The first-order valence-corrected chi connectivity index (χ1v) is 29.7. The molecule has 6 heteroatoms. The molecule has 1 unspecified atom stereocenters. The fourth-order valence-electron chi connectivity index (χ4n) is 8.08. The van der Waals surface area contributed by atoms with Gasteiger partial charge in [0.1, 0.15) is 13.2 Å². The quantitative estimate of drug-likeness (QED) is 0.0261. The Hall–Kier alpha value is -3.67. The smallest absolute Gasteiger partial charge is 0.306 e. The van der Waals surface area contributed by atoms with E-state index in [4.69, 9.17) is 14.2 Å². The molecule has 71 heavy (non-hydrogen) atoms. The molecule has 0 N–H and O–H groups in total. The number of ether oxygens (including phenoxy) is 3. The molecule has 0 fully saturated rings. The third kappa shape index (κ3) is 57.1. The van der Waals surface area contributed by atoms with Gasteiger partial charge >= 0.3 is 17.9 Å². The molecule has 0 heterocycles. The number of rotatable bonds is 53. The van der Waals surface area contributed by atoms with Gasteiger partial charge in [-0.1, -0.05) is 234 Å². The Labute approximate surface area is 438 Å². The maximum atomic E-state index is 12.9. The van der Waals surface area contributed by atoms with E-state index < -0.39 is 6.10 Å². The van der Waals surface area contributed by atoms with Crippen molar-refractivity contribution in [1.82, 2.24) is 0 Å². The molecule has 0 aliphatic heterocycles. The van der Waals surface area contributed by atoms with Gasteiger partial charge in [-0.05, 0) is 122 Å². The van der Waals surface area contributed by atoms with Crippen LogP contribution >= 0.6 is 0 Å². The van der Waals surface area contributed by atoms with E-state index in [0.717, 1.165) is 128 Å². The number of allylic oxidation sites excluding steroid dienone is 16. The molecule has 0 amide bonds. The molecular formula is C65H110O6. The van der Waals surface area contributed by atoms with E-state index in [-0.39, 0.29) is 31.1 Å². The standard InChI is InChI=1S/C65H110O6/c1-4-7-10-13-16-19-22-25-27-29-30-31-32-33-34-35-36-37-39-40-43-46-49-52-55-58-64(67)70-61-62(60-69-63(66)57-54-51-48-45-42-24-21-18-15-12-9-6-3)71-65(68)59-56-53-50-47-44-41-38-28-26-23-20-17-14-11-8-5-2/h7,10,16,18-19,21,25,27-28,30-31,33-34,36-38,62H,4-6,8-9,11-15,17,20,22-24,26,29,32,35,39-61H2,1-3H3/b10-7-,19-16-,21-18-,27-25-,31-30-,34-33-,37-36-,38-28-. The maximum absolute atomic E-state index is 12.9. The van der Waals surface area contributed by atoms with Crippen LogP contribution < -0.4 is 0 Å². The monoisotopic (exact) mass is 987 g/mol. The molecule has 0 aromatic carbocycles. The molecule has 0 aromatic rings. The summed E-state index contributed by atoms with van der Waals surface area (Å²) in [4.78, 5) is 38.2. The van der Waals surface area contributed by atoms with E-state index in [1.165, 1.54) is 109 Å². The van der Waals surface area contributed by atoms with Crippen molar-refractivity contribution >= 4 is 17.9 Å². The van der Waals surface area contributed by atoms with Crippen molar-refractivity contribution in [2.45, 2.75) is 284 Å². The van der Waals surface area contributed by atoms with Crippen LogP contribution in [0.15, 0.2) is 97.2 Å². The van der Waals surface area contributed by atoms with E-state index >= 15 is 0 Å². The van der Waals surface area contributed by atoms with Gasteiger partial charge in [0, 0.05) is 19.3 Å². The van der Waals surface area contributed by atoms with E-state index in [9.17, 15) is 14.4 Å². The average molecular weight is 988 g/mol. The first kappa shape index (κ1) is 67.3. The van der Waals surface area contributed by atoms with Crippen LogP contribution in [-0.4, -0.2) is 37.2 Å². The maximum Gasteiger partial charge on any atom is 0.306 e. The number of hydrogen-bond acceptors (Lipinski definition) is 6. The number of carbonyl (C=O) groups is 3. The highest BCUT2D eigenvalue weighted by atomic mass is 16.6. The number of unbranched alkanes of at least 4 members (excludes halogenated alkanes) is 26. The zero-order valence-electron chi connectivity index (χ0n) is 46.5. The Morgan fingerprint density at radius 2 is 0.549 bits per heavy atom. The number of esters is 3. The number of carbonyl (C=O) groups excluding carboxylic acids is 3. The summed E-state index contributed by atoms with van der Waals surface area (Å²) in [5.41, 5.74) is 0. The first-order chi connectivity index (χ1) is 35.0. The van der Waals surface area contributed by atoms with E-state index in [0.29, 0.717) is 19.3 Å². The van der Waals surface area contributed by atoms with Crippen LogP contribution in [0.5, 0.6) is 0 Å². The fourth-order valence-corrected chi connectivity index (χ4v) is 8.08. The summed E-state index contributed by atoms with van der Waals surface area (Å²) in [6.45, 7) is 6.48. The van der Waals surface area contributed by atoms with Crippen molar-refractivity contribution < 1.29 is 28.6 Å². The summed E-state index contributed by atoms with van der Waals surface area (Å²) in [6.07, 6.45) is 78.3. The zero-order valence-corrected chi connectivity index (χ0v) is 46.5. The molecule has 0 aliphatic rings. The van der Waals surface area contributed by atoms with E-state index in [2.05, 4.69) is 118 Å². The largest absolute Gasteiger partial charge is 0.462 e. The molecule has 1 atom stereocenters. The third-order valence-corrected chi connectivity index (χ3v) is 12.5. The SMILES string of the molecule is CC/C=C\C/C=C\C/C=C\C/C=C\C/C=C\C/C=C\CCCCCCCCC(=O)OCC(COC(=O)CCCCCCC/C=C\CCCCC)OC(=O)CCCCCCC/C=C\CCCCCCCCC. The van der Waals surface area contributed by atoms with Crippen LogP contribution in [0.25, 0.3) is 0 Å². The lowest BCUT2D eigenvalue weighted by atomic mass is 10.1. The predicted molar refractivity (Wildman–Crippen MR) is 307 cm³/mol. The summed E-state index contributed by atoms with van der Waals surface area (Å²) >= 11 is 0. The fraction of sp³-hybridized carbons (Fsp3) is 0.708. The highest BCUT2D eigenvalue weighted by Crippen LogP contribution is 2.14. The molecule has 0 saturated carbocycles. The summed E-state index contributed by atoms with van der Waals surface area (Å²) < 4.78 is 16.8. The Morgan fingerprint density at radius 1 is 0.296 bits per heavy atom. The minimum absolute atomic E-state index is 0.0898. The van der Waals surface area contributed by atoms with Crippen molar-refractivity contribution in [1.29, 1.82) is 0 Å². The van der Waals surface area contributed by atoms with Crippen molar-refractivity contribution in [3.8, 4) is 0 Å². The topological polar surface area (TPSA) is 78.9 Å². The van der Waals surface area contributed by atoms with Gasteiger partial charge in [0.15, 0.2) is 6.10 Å². The lowest BCUT2D eigenvalue weighted by Crippen LogP contribution is -2.30. The second-order valence-corrected chi connectivity index (χ2v) is 19.5. The summed E-state index contributed by atoms with van der Waals surface area (Å²) in [7, 11) is 0. The second-order valence-electron chi connectivity index (χ2n) is 19.5. The van der Waals surface area contributed by atoms with Gasteiger partial charge in [-0.15, -0.1) is 0 Å². The highest BCUT2D eigenvalue weighted by molar-refractivity contribution is 5.71. The highest BCUT2D eigenvalue weighted by Gasteiger charge is 2.19. The van der Waals surface area contributed by atoms with Crippen LogP contribution in [0.2, 0.25) is 0 Å². The summed E-state index contributed by atoms with van der Waals surface area (Å²) in [5.74, 6) is -0.918. The van der Waals surface area contributed by atoms with Crippen molar-refractivity contribution in [3.05, 3.63) is 97.2 Å². The lowest BCUT2D eigenvalue weighted by molar-refractivity contribution is -0.167. The van der Waals surface area contributed by atoms with E-state index in [1.54, 1.807) is 0 Å². The molecule has 0 aliphatic carbocycles. The third-order valence-electron chi connectivity index (χ3n) is 12.5. The minimum atomic E-state index is -0.792. The van der Waals surface area contributed by atoms with Crippen LogP contribution in [0.3, 0.4) is 0 Å². The summed E-state index contributed by atoms with van der Waals surface area (Å²) in [6, 6.07) is 0. The second kappa shape index (κ2) is 58.9. The van der Waals surface area contributed by atoms with Crippen LogP contribution in [-0.2, 0) is 28.6 Å². The Bertz CT molecular complexity index is 1410. The minimum Gasteiger partial charge on any atom is -0.462 e. The van der Waals surface area contributed by atoms with Crippen molar-refractivity contribution in [2.24, 2.45) is 0 Å². The molecule has 0 spiro atoms. The molecule has 406 valence electrons. The van der Waals surface area contributed by atoms with Gasteiger partial charge < -0.3 is 14.2 Å². The van der Waals surface area contributed by atoms with Gasteiger partial charge in [0.2, 0.25) is 0 Å². The first-order valence-electron chi connectivity index (χ1n) is 29.7. The Morgan fingerprint density at radius 3 is 0.901 bits per heavy atom. The van der Waals surface area contributed by atoms with Gasteiger partial charge in [-0.25, -0.2) is 0 Å². The molecule has 0 bridgehead atoms. The summed E-state index contributed by atoms with van der Waals surface area (Å²) in [5, 5.41) is 0.